The van der Waals surface area contributed by atoms with Crippen molar-refractivity contribution >= 4 is 0 Å². The number of fused-ring (bicyclic) bond motifs is 1. The van der Waals surface area contributed by atoms with Crippen LogP contribution in [0.1, 0.15) is 143 Å². The largest absolute Gasteiger partial charge is 0.0654 e. The van der Waals surface area contributed by atoms with Crippen LogP contribution in [0.2, 0.25) is 0 Å². The number of hydrogen-bond acceptors (Lipinski definition) is 0. The summed E-state index contributed by atoms with van der Waals surface area (Å²) in [7, 11) is 0. The predicted molar refractivity (Wildman–Crippen MR) is 125 cm³/mol. The lowest BCUT2D eigenvalue weighted by atomic mass is 9.40. The van der Waals surface area contributed by atoms with E-state index in [0.717, 1.165) is 23.7 Å². The average Bonchev–Trinajstić information content (AvgIpc) is 2.77. The molecule has 0 heteroatoms. The summed E-state index contributed by atoms with van der Waals surface area (Å²) in [5.41, 5.74) is 1.38. The van der Waals surface area contributed by atoms with E-state index in [4.69, 9.17) is 0 Å². The summed E-state index contributed by atoms with van der Waals surface area (Å²) >= 11 is 0. The highest BCUT2D eigenvalue weighted by atomic mass is 14.6. The average molecular weight is 389 g/mol. The topological polar surface area (TPSA) is 0 Å². The summed E-state index contributed by atoms with van der Waals surface area (Å²) < 4.78 is 0. The molecule has 0 N–H and O–H groups in total. The van der Waals surface area contributed by atoms with Gasteiger partial charge in [0.05, 0.1) is 0 Å². The predicted octanol–water partition coefficient (Wildman–Crippen LogP) is 9.57. The van der Waals surface area contributed by atoms with Gasteiger partial charge >= 0.3 is 0 Å². The lowest BCUT2D eigenvalue weighted by Gasteiger charge is -2.64. The van der Waals surface area contributed by atoms with Crippen LogP contribution in [0.25, 0.3) is 0 Å². The van der Waals surface area contributed by atoms with E-state index in [0.29, 0.717) is 10.8 Å². The standard InChI is InChI=1S/C28H52/c1-5-9-20-27(7-3)22-26(23-16-12-11-13-17-23)28(8-4,21-10-6-2)25-19-15-14-18-24(25)27/h23-26H,5-22H2,1-4H3. The molecule has 0 saturated heterocycles. The third-order valence-electron chi connectivity index (χ3n) is 10.3. The first-order valence-electron chi connectivity index (χ1n) is 13.7. The molecular formula is C28H52. The summed E-state index contributed by atoms with van der Waals surface area (Å²) in [6.07, 6.45) is 27.2. The van der Waals surface area contributed by atoms with Crippen molar-refractivity contribution in [2.45, 2.75) is 143 Å². The second-order valence-corrected chi connectivity index (χ2v) is 11.2. The van der Waals surface area contributed by atoms with Gasteiger partial charge in [0.2, 0.25) is 0 Å². The van der Waals surface area contributed by atoms with Crippen LogP contribution in [-0.2, 0) is 0 Å². The SMILES string of the molecule is CCCCC1(CC)CC(C2CCCCC2)C(CC)(CCCC)C2CCCCC21. The maximum Gasteiger partial charge on any atom is -0.0238 e. The Morgan fingerprint density at radius 2 is 1.21 bits per heavy atom. The van der Waals surface area contributed by atoms with Gasteiger partial charge in [-0.3, -0.25) is 0 Å². The highest BCUT2D eigenvalue weighted by Gasteiger charge is 2.59. The molecule has 0 radical (unpaired) electrons. The Morgan fingerprint density at radius 1 is 0.607 bits per heavy atom. The zero-order valence-corrected chi connectivity index (χ0v) is 20.0. The lowest BCUT2D eigenvalue weighted by Crippen LogP contribution is -2.56. The Balaban J connectivity index is 2.00. The third kappa shape index (κ3) is 4.23. The van der Waals surface area contributed by atoms with E-state index in [2.05, 4.69) is 27.7 Å². The molecule has 5 unspecified atom stereocenters. The molecule has 3 aliphatic rings. The Hall–Kier alpha value is 0. The van der Waals surface area contributed by atoms with Crippen molar-refractivity contribution in [3.8, 4) is 0 Å². The minimum Gasteiger partial charge on any atom is -0.0654 e. The van der Waals surface area contributed by atoms with Crippen molar-refractivity contribution in [3.63, 3.8) is 0 Å². The number of rotatable bonds is 9. The molecule has 28 heavy (non-hydrogen) atoms. The van der Waals surface area contributed by atoms with Gasteiger partial charge in [-0.2, -0.15) is 0 Å². The normalized spacial score (nSPS) is 39.6. The van der Waals surface area contributed by atoms with E-state index in [1.54, 1.807) is 38.5 Å². The van der Waals surface area contributed by atoms with Gasteiger partial charge in [-0.05, 0) is 73.0 Å². The van der Waals surface area contributed by atoms with Gasteiger partial charge in [0, 0.05) is 0 Å². The van der Waals surface area contributed by atoms with E-state index in [1.807, 2.05) is 0 Å². The molecule has 0 spiro atoms. The molecule has 164 valence electrons. The van der Waals surface area contributed by atoms with Crippen molar-refractivity contribution in [3.05, 3.63) is 0 Å². The zero-order chi connectivity index (χ0) is 20.0. The van der Waals surface area contributed by atoms with Crippen LogP contribution in [0.4, 0.5) is 0 Å². The molecule has 0 aromatic heterocycles. The van der Waals surface area contributed by atoms with E-state index < -0.39 is 0 Å². The molecule has 0 amide bonds. The van der Waals surface area contributed by atoms with Crippen LogP contribution in [0.15, 0.2) is 0 Å². The molecular weight excluding hydrogens is 336 g/mol. The van der Waals surface area contributed by atoms with Gasteiger partial charge in [0.15, 0.2) is 0 Å². The minimum absolute atomic E-state index is 0.688. The fourth-order valence-corrected chi connectivity index (χ4v) is 8.77. The molecule has 0 aromatic carbocycles. The Morgan fingerprint density at radius 3 is 1.82 bits per heavy atom. The van der Waals surface area contributed by atoms with Crippen LogP contribution in [-0.4, -0.2) is 0 Å². The maximum atomic E-state index is 2.60. The van der Waals surface area contributed by atoms with E-state index in [9.17, 15) is 0 Å². The van der Waals surface area contributed by atoms with Crippen LogP contribution in [0.3, 0.4) is 0 Å². The highest BCUT2D eigenvalue weighted by Crippen LogP contribution is 2.67. The van der Waals surface area contributed by atoms with Gasteiger partial charge in [0.25, 0.3) is 0 Å². The van der Waals surface area contributed by atoms with Crippen molar-refractivity contribution in [2.24, 2.45) is 34.5 Å². The summed E-state index contributed by atoms with van der Waals surface area (Å²) in [6.45, 7) is 10.0. The fraction of sp³-hybridized carbons (Fsp3) is 1.00. The van der Waals surface area contributed by atoms with Crippen LogP contribution in [0, 0.1) is 34.5 Å². The van der Waals surface area contributed by atoms with Gasteiger partial charge in [-0.15, -0.1) is 0 Å². The minimum atomic E-state index is 0.688. The van der Waals surface area contributed by atoms with Gasteiger partial charge in [0.1, 0.15) is 0 Å². The number of unbranched alkanes of at least 4 members (excludes halogenated alkanes) is 2. The Kier molecular flexibility index (Phi) is 8.38. The molecule has 0 aromatic rings. The van der Waals surface area contributed by atoms with E-state index >= 15 is 0 Å². The van der Waals surface area contributed by atoms with Crippen molar-refractivity contribution in [1.82, 2.24) is 0 Å². The quantitative estimate of drug-likeness (QED) is 0.369. The first-order valence-corrected chi connectivity index (χ1v) is 13.7. The van der Waals surface area contributed by atoms with Gasteiger partial charge in [-0.1, -0.05) is 105 Å². The first-order chi connectivity index (χ1) is 13.7. The van der Waals surface area contributed by atoms with Gasteiger partial charge < -0.3 is 0 Å². The van der Waals surface area contributed by atoms with E-state index in [-0.39, 0.29) is 0 Å². The molecule has 0 nitrogen and oxygen atoms in total. The molecule has 0 bridgehead atoms. The summed E-state index contributed by atoms with van der Waals surface area (Å²) in [6, 6.07) is 0. The molecule has 3 saturated carbocycles. The molecule has 3 fully saturated rings. The molecule has 0 aliphatic heterocycles. The maximum absolute atomic E-state index is 2.60. The van der Waals surface area contributed by atoms with Crippen molar-refractivity contribution < 1.29 is 0 Å². The van der Waals surface area contributed by atoms with Crippen molar-refractivity contribution in [2.75, 3.05) is 0 Å². The first kappa shape index (κ1) is 22.7. The third-order valence-corrected chi connectivity index (χ3v) is 10.3. The molecule has 3 aliphatic carbocycles. The van der Waals surface area contributed by atoms with Crippen LogP contribution in [0.5, 0.6) is 0 Å². The Bertz CT molecular complexity index is 447. The van der Waals surface area contributed by atoms with Crippen LogP contribution >= 0.6 is 0 Å². The second-order valence-electron chi connectivity index (χ2n) is 11.2. The number of hydrogen-bond donors (Lipinski definition) is 0. The Labute approximate surface area is 178 Å². The molecule has 5 atom stereocenters. The molecule has 3 rings (SSSR count). The summed E-state index contributed by atoms with van der Waals surface area (Å²) in [5, 5.41) is 0. The van der Waals surface area contributed by atoms with Crippen molar-refractivity contribution in [1.29, 1.82) is 0 Å². The highest BCUT2D eigenvalue weighted by molar-refractivity contribution is 5.08. The smallest absolute Gasteiger partial charge is 0.0238 e. The fourth-order valence-electron chi connectivity index (χ4n) is 8.77. The lowest BCUT2D eigenvalue weighted by molar-refractivity contribution is -0.152. The summed E-state index contributed by atoms with van der Waals surface area (Å²) in [5.74, 6) is 4.20. The van der Waals surface area contributed by atoms with Gasteiger partial charge in [-0.25, -0.2) is 0 Å². The molecule has 0 heterocycles. The second kappa shape index (κ2) is 10.3. The van der Waals surface area contributed by atoms with Crippen LogP contribution < -0.4 is 0 Å². The van der Waals surface area contributed by atoms with E-state index in [1.165, 1.54) is 77.0 Å². The summed E-state index contributed by atoms with van der Waals surface area (Å²) in [4.78, 5) is 0. The zero-order valence-electron chi connectivity index (χ0n) is 20.0. The monoisotopic (exact) mass is 388 g/mol.